The molecule has 2 unspecified atom stereocenters. The Labute approximate surface area is 237 Å². The number of allylic oxidation sites excluding steroid dienone is 2. The van der Waals surface area contributed by atoms with E-state index in [9.17, 15) is 14.4 Å². The van der Waals surface area contributed by atoms with Crippen molar-refractivity contribution in [3.63, 3.8) is 0 Å². The van der Waals surface area contributed by atoms with E-state index >= 15 is 0 Å². The Morgan fingerprint density at radius 2 is 2.00 bits per heavy atom. The summed E-state index contributed by atoms with van der Waals surface area (Å²) in [7, 11) is 0. The molecule has 2 aliphatic rings. The van der Waals surface area contributed by atoms with Crippen LogP contribution in [-0.2, 0) is 24.0 Å². The van der Waals surface area contributed by atoms with Crippen LogP contribution in [-0.4, -0.2) is 42.2 Å². The Bertz CT molecular complexity index is 1110. The SMILES string of the molecule is CCCC(CC(C)C)(C(=O)NN)C(=O)[C@]1([C@H](C/C=C/c2ccccc2)C(=O)NOC2CCCCO2)C=C(C)C=N1. The number of rotatable bonds is 14. The molecule has 1 saturated heterocycles. The molecule has 0 spiro atoms. The van der Waals surface area contributed by atoms with Gasteiger partial charge in [0, 0.05) is 19.2 Å². The number of ether oxygens (including phenoxy) is 1. The molecule has 9 heteroatoms. The molecule has 2 amide bonds. The lowest BCUT2D eigenvalue weighted by Gasteiger charge is -2.40. The number of ketones is 1. The van der Waals surface area contributed by atoms with E-state index in [1.807, 2.05) is 70.2 Å². The van der Waals surface area contributed by atoms with Crippen molar-refractivity contribution in [2.45, 2.75) is 84.5 Å². The van der Waals surface area contributed by atoms with Gasteiger partial charge in [-0.1, -0.05) is 69.7 Å². The number of nitrogens with two attached hydrogens (primary N) is 1. The standard InChI is InChI=1S/C31H44N4O5/c1-5-17-30(19-22(2)3,29(38)34-32)28(37)31(20-23(4)21-33-31)25(15-11-14-24-12-7-6-8-13-24)27(36)35-40-26-16-9-10-18-39-26/h6-8,11-14,20-22,25-26H,5,9-10,15-19,32H2,1-4H3,(H,34,38)(H,35,36)/b14-11+/t25-,26?,30?,31-/m1/s1. The predicted octanol–water partition coefficient (Wildman–Crippen LogP) is 4.44. The van der Waals surface area contributed by atoms with Gasteiger partial charge in [-0.05, 0) is 62.2 Å². The monoisotopic (exact) mass is 552 g/mol. The van der Waals surface area contributed by atoms with Crippen LogP contribution in [0.3, 0.4) is 0 Å². The maximum Gasteiger partial charge on any atom is 0.250 e. The van der Waals surface area contributed by atoms with Crippen LogP contribution in [0.2, 0.25) is 0 Å². The molecule has 2 heterocycles. The number of amides is 2. The van der Waals surface area contributed by atoms with Gasteiger partial charge in [0.1, 0.15) is 5.41 Å². The lowest BCUT2D eigenvalue weighted by Crippen LogP contribution is -2.60. The van der Waals surface area contributed by atoms with Crippen LogP contribution < -0.4 is 16.7 Å². The number of hydrogen-bond acceptors (Lipinski definition) is 7. The first-order chi connectivity index (χ1) is 19.2. The fourth-order valence-electron chi connectivity index (χ4n) is 5.76. The Kier molecular flexibility index (Phi) is 11.4. The van der Waals surface area contributed by atoms with Gasteiger partial charge in [0.15, 0.2) is 17.6 Å². The van der Waals surface area contributed by atoms with Crippen LogP contribution in [0.25, 0.3) is 6.08 Å². The third-order valence-corrected chi connectivity index (χ3v) is 7.49. The highest BCUT2D eigenvalue weighted by Crippen LogP contribution is 2.44. The van der Waals surface area contributed by atoms with Crippen molar-refractivity contribution in [3.8, 4) is 0 Å². The summed E-state index contributed by atoms with van der Waals surface area (Å²) >= 11 is 0. The van der Waals surface area contributed by atoms with Gasteiger partial charge in [0.25, 0.3) is 0 Å². The summed E-state index contributed by atoms with van der Waals surface area (Å²) in [6, 6.07) is 9.69. The summed E-state index contributed by atoms with van der Waals surface area (Å²) < 4.78 is 5.61. The van der Waals surface area contributed by atoms with E-state index < -0.39 is 40.8 Å². The Morgan fingerprint density at radius 3 is 2.58 bits per heavy atom. The van der Waals surface area contributed by atoms with Gasteiger partial charge in [-0.2, -0.15) is 0 Å². The molecule has 40 heavy (non-hydrogen) atoms. The summed E-state index contributed by atoms with van der Waals surface area (Å²) in [4.78, 5) is 52.4. The predicted molar refractivity (Wildman–Crippen MR) is 156 cm³/mol. The highest BCUT2D eigenvalue weighted by atomic mass is 16.8. The summed E-state index contributed by atoms with van der Waals surface area (Å²) in [5, 5.41) is 0. The van der Waals surface area contributed by atoms with Crippen LogP contribution in [0.5, 0.6) is 0 Å². The van der Waals surface area contributed by atoms with E-state index in [4.69, 9.17) is 20.4 Å². The number of carbonyl (C=O) groups excluding carboxylic acids is 3. The normalized spacial score (nSPS) is 23.1. The van der Waals surface area contributed by atoms with Crippen molar-refractivity contribution in [2.75, 3.05) is 6.61 Å². The molecule has 3 rings (SSSR count). The van der Waals surface area contributed by atoms with E-state index in [0.717, 1.165) is 24.0 Å². The van der Waals surface area contributed by atoms with Gasteiger partial charge in [-0.15, -0.1) is 0 Å². The zero-order chi connectivity index (χ0) is 29.2. The van der Waals surface area contributed by atoms with E-state index in [1.165, 1.54) is 0 Å². The molecular formula is C31H44N4O5. The molecule has 2 aliphatic heterocycles. The first kappa shape index (κ1) is 31.4. The number of hydroxylamine groups is 1. The van der Waals surface area contributed by atoms with E-state index in [-0.39, 0.29) is 25.2 Å². The minimum atomic E-state index is -1.62. The van der Waals surface area contributed by atoms with Gasteiger partial charge in [-0.3, -0.25) is 24.8 Å². The number of carbonyl (C=O) groups is 3. The summed E-state index contributed by atoms with van der Waals surface area (Å²) in [6.45, 7) is 8.21. The zero-order valence-corrected chi connectivity index (χ0v) is 24.2. The summed E-state index contributed by atoms with van der Waals surface area (Å²) in [6.07, 6.45) is 10.3. The Morgan fingerprint density at radius 1 is 1.25 bits per heavy atom. The first-order valence-corrected chi connectivity index (χ1v) is 14.3. The van der Waals surface area contributed by atoms with Crippen LogP contribution in [0.15, 0.2) is 53.0 Å². The molecule has 1 aromatic rings. The number of hydrogen-bond donors (Lipinski definition) is 3. The van der Waals surface area contributed by atoms with Gasteiger partial charge in [-0.25, -0.2) is 16.2 Å². The van der Waals surface area contributed by atoms with Crippen LogP contribution in [0, 0.1) is 17.3 Å². The van der Waals surface area contributed by atoms with E-state index in [0.29, 0.717) is 19.4 Å². The average Bonchev–Trinajstić information content (AvgIpc) is 3.35. The molecular weight excluding hydrogens is 508 g/mol. The van der Waals surface area contributed by atoms with Crippen molar-refractivity contribution in [1.82, 2.24) is 10.9 Å². The summed E-state index contributed by atoms with van der Waals surface area (Å²) in [5.74, 6) is 3.16. The third-order valence-electron chi connectivity index (χ3n) is 7.49. The van der Waals surface area contributed by atoms with Crippen LogP contribution in [0.4, 0.5) is 0 Å². The Balaban J connectivity index is 2.06. The zero-order valence-electron chi connectivity index (χ0n) is 24.2. The fraction of sp³-hybridized carbons (Fsp3) is 0.548. The maximum absolute atomic E-state index is 14.8. The number of benzene rings is 1. The molecule has 4 N–H and O–H groups in total. The highest BCUT2D eigenvalue weighted by molar-refractivity contribution is 6.14. The minimum Gasteiger partial charge on any atom is -0.350 e. The smallest absolute Gasteiger partial charge is 0.250 e. The second-order valence-corrected chi connectivity index (χ2v) is 11.2. The first-order valence-electron chi connectivity index (χ1n) is 14.3. The molecule has 0 aromatic heterocycles. The number of hydrazine groups is 1. The van der Waals surface area contributed by atoms with Crippen LogP contribution in [0.1, 0.15) is 78.2 Å². The number of nitrogens with one attached hydrogen (secondary N) is 2. The molecule has 218 valence electrons. The van der Waals surface area contributed by atoms with Crippen molar-refractivity contribution in [2.24, 2.45) is 28.1 Å². The van der Waals surface area contributed by atoms with Gasteiger partial charge >= 0.3 is 0 Å². The molecule has 0 saturated carbocycles. The maximum atomic E-state index is 14.8. The van der Waals surface area contributed by atoms with Gasteiger partial charge < -0.3 is 4.74 Å². The highest BCUT2D eigenvalue weighted by Gasteiger charge is 2.58. The largest absolute Gasteiger partial charge is 0.350 e. The summed E-state index contributed by atoms with van der Waals surface area (Å²) in [5.41, 5.74) is 3.40. The molecule has 4 atom stereocenters. The molecule has 0 bridgehead atoms. The molecule has 1 aromatic carbocycles. The quantitative estimate of drug-likeness (QED) is 0.135. The Hall–Kier alpha value is -3.14. The topological polar surface area (TPSA) is 132 Å². The van der Waals surface area contributed by atoms with Gasteiger partial charge in [0.05, 0.1) is 5.92 Å². The fourth-order valence-corrected chi connectivity index (χ4v) is 5.76. The number of nitrogens with zero attached hydrogens (tertiary/aromatic N) is 1. The molecule has 1 fully saturated rings. The van der Waals surface area contributed by atoms with Crippen molar-refractivity contribution in [3.05, 3.63) is 53.6 Å². The molecule has 0 radical (unpaired) electrons. The second-order valence-electron chi connectivity index (χ2n) is 11.2. The van der Waals surface area contributed by atoms with E-state index in [1.54, 1.807) is 12.3 Å². The van der Waals surface area contributed by atoms with Crippen LogP contribution >= 0.6 is 0 Å². The molecule has 0 aliphatic carbocycles. The van der Waals surface area contributed by atoms with Crippen molar-refractivity contribution in [1.29, 1.82) is 0 Å². The lowest BCUT2D eigenvalue weighted by atomic mass is 9.63. The van der Waals surface area contributed by atoms with E-state index in [2.05, 4.69) is 10.9 Å². The molecule has 9 nitrogen and oxygen atoms in total. The van der Waals surface area contributed by atoms with Crippen molar-refractivity contribution < 1.29 is 24.0 Å². The minimum absolute atomic E-state index is 0.0114. The third kappa shape index (κ3) is 7.33. The number of aliphatic imine (C=N–C) groups is 1. The van der Waals surface area contributed by atoms with Gasteiger partial charge in [0.2, 0.25) is 11.8 Å². The average molecular weight is 553 g/mol. The second kappa shape index (κ2) is 14.5. The van der Waals surface area contributed by atoms with Crippen molar-refractivity contribution >= 4 is 29.9 Å². The number of Topliss-reactive ketones (excluding diaryl/α,β-unsaturated/α-hetero) is 1. The lowest BCUT2D eigenvalue weighted by molar-refractivity contribution is -0.202.